The van der Waals surface area contributed by atoms with Crippen LogP contribution in [0.15, 0.2) is 65.9 Å². The topological polar surface area (TPSA) is 65.4 Å². The normalized spacial score (nSPS) is 11.3. The van der Waals surface area contributed by atoms with Crippen molar-refractivity contribution in [2.45, 2.75) is 6.61 Å². The van der Waals surface area contributed by atoms with E-state index in [0.717, 1.165) is 5.56 Å². The van der Waals surface area contributed by atoms with E-state index in [-0.39, 0.29) is 11.7 Å². The summed E-state index contributed by atoms with van der Waals surface area (Å²) in [6, 6.07) is 15.7. The molecule has 5 nitrogen and oxygen atoms in total. The molecule has 3 aromatic rings. The minimum atomic E-state index is -2.84. The Labute approximate surface area is 137 Å². The fourth-order valence-electron chi connectivity index (χ4n) is 2.09. The zero-order valence-corrected chi connectivity index (χ0v) is 12.5. The van der Waals surface area contributed by atoms with Crippen LogP contribution in [0.5, 0.6) is 5.75 Å². The third-order valence-corrected chi connectivity index (χ3v) is 3.22. The quantitative estimate of drug-likeness (QED) is 0.728. The number of nitrogens with zero attached hydrogens (tertiary/aromatic N) is 3. The zero-order valence-electron chi connectivity index (χ0n) is 12.5. The molecule has 0 amide bonds. The molecule has 0 aliphatic carbocycles. The first-order valence-corrected chi connectivity index (χ1v) is 7.11. The van der Waals surface area contributed by atoms with Crippen LogP contribution in [0.4, 0.5) is 14.7 Å². The number of hydrogen-bond acceptors (Lipinski definition) is 4. The number of nitrogen functional groups attached to an aromatic ring is 1. The Morgan fingerprint density at radius 2 is 1.79 bits per heavy atom. The van der Waals surface area contributed by atoms with Crippen LogP contribution in [-0.2, 0) is 0 Å². The van der Waals surface area contributed by atoms with Crippen LogP contribution < -0.4 is 10.5 Å². The van der Waals surface area contributed by atoms with E-state index in [9.17, 15) is 8.78 Å². The number of rotatable bonds is 5. The highest BCUT2D eigenvalue weighted by atomic mass is 19.3. The van der Waals surface area contributed by atoms with Crippen LogP contribution in [0.3, 0.4) is 0 Å². The van der Waals surface area contributed by atoms with Crippen LogP contribution in [0.1, 0.15) is 5.56 Å². The molecular formula is C17H14F2N4O. The van der Waals surface area contributed by atoms with Gasteiger partial charge in [-0.2, -0.15) is 13.9 Å². The van der Waals surface area contributed by atoms with Gasteiger partial charge in [0.1, 0.15) is 5.75 Å². The number of hydrogen-bond donors (Lipinski definition) is 1. The van der Waals surface area contributed by atoms with Crippen LogP contribution in [-0.4, -0.2) is 22.5 Å². The van der Waals surface area contributed by atoms with Gasteiger partial charge in [-0.15, -0.1) is 0 Å². The molecule has 1 aromatic heterocycles. The van der Waals surface area contributed by atoms with Crippen molar-refractivity contribution in [1.82, 2.24) is 9.66 Å². The van der Waals surface area contributed by atoms with Gasteiger partial charge in [0.25, 0.3) is 0 Å². The van der Waals surface area contributed by atoms with Crippen molar-refractivity contribution >= 4 is 12.2 Å². The van der Waals surface area contributed by atoms with E-state index in [1.807, 2.05) is 30.3 Å². The van der Waals surface area contributed by atoms with Gasteiger partial charge in [0, 0.05) is 5.56 Å². The fraction of sp³-hybridized carbons (Fsp3) is 0.0588. The Morgan fingerprint density at radius 3 is 2.46 bits per heavy atom. The average Bonchev–Trinajstić information content (AvgIpc) is 2.95. The Morgan fingerprint density at radius 1 is 1.08 bits per heavy atom. The summed E-state index contributed by atoms with van der Waals surface area (Å²) in [7, 11) is 0. The minimum absolute atomic E-state index is 0.0932. The van der Waals surface area contributed by atoms with Crippen molar-refractivity contribution in [2.75, 3.05) is 5.73 Å². The van der Waals surface area contributed by atoms with E-state index in [1.165, 1.54) is 16.8 Å². The van der Waals surface area contributed by atoms with Gasteiger partial charge in [0.05, 0.1) is 18.1 Å². The molecule has 0 atom stereocenters. The van der Waals surface area contributed by atoms with E-state index in [2.05, 4.69) is 14.8 Å². The summed E-state index contributed by atoms with van der Waals surface area (Å²) < 4.78 is 29.9. The summed E-state index contributed by atoms with van der Waals surface area (Å²) in [5.74, 6) is 0.346. The first-order chi connectivity index (χ1) is 11.6. The predicted octanol–water partition coefficient (Wildman–Crippen LogP) is 3.62. The molecule has 1 heterocycles. The molecule has 0 bridgehead atoms. The van der Waals surface area contributed by atoms with Crippen LogP contribution in [0, 0.1) is 0 Å². The molecule has 0 aliphatic heterocycles. The van der Waals surface area contributed by atoms with Crippen molar-refractivity contribution in [3.05, 3.63) is 66.4 Å². The van der Waals surface area contributed by atoms with Crippen LogP contribution >= 0.6 is 0 Å². The molecule has 0 radical (unpaired) electrons. The second kappa shape index (κ2) is 6.91. The summed E-state index contributed by atoms with van der Waals surface area (Å²) >= 11 is 0. The molecular weight excluding hydrogens is 314 g/mol. The first kappa shape index (κ1) is 15.7. The Kier molecular flexibility index (Phi) is 4.51. The number of aromatic nitrogens is 2. The monoisotopic (exact) mass is 328 g/mol. The number of benzene rings is 2. The average molecular weight is 328 g/mol. The van der Waals surface area contributed by atoms with E-state index in [1.54, 1.807) is 24.5 Å². The summed E-state index contributed by atoms with van der Waals surface area (Å²) in [5, 5.41) is 4.23. The zero-order chi connectivity index (χ0) is 16.9. The summed E-state index contributed by atoms with van der Waals surface area (Å²) in [5.41, 5.74) is 8.22. The SMILES string of the molecule is Nc1nc(-c2ccccc2)cn1/N=C/c1ccc(OC(F)F)cc1. The van der Waals surface area contributed by atoms with Gasteiger partial charge in [0.2, 0.25) is 5.95 Å². The lowest BCUT2D eigenvalue weighted by atomic mass is 10.2. The number of imidazole rings is 1. The molecule has 7 heteroatoms. The highest BCUT2D eigenvalue weighted by Gasteiger charge is 2.06. The Balaban J connectivity index is 1.76. The van der Waals surface area contributed by atoms with E-state index < -0.39 is 6.61 Å². The Bertz CT molecular complexity index is 830. The summed E-state index contributed by atoms with van der Waals surface area (Å²) in [4.78, 5) is 4.26. The van der Waals surface area contributed by atoms with Gasteiger partial charge in [-0.05, 0) is 29.8 Å². The highest BCUT2D eigenvalue weighted by molar-refractivity contribution is 5.79. The predicted molar refractivity (Wildman–Crippen MR) is 88.1 cm³/mol. The van der Waals surface area contributed by atoms with Gasteiger partial charge >= 0.3 is 6.61 Å². The number of ether oxygens (including phenoxy) is 1. The fourth-order valence-corrected chi connectivity index (χ4v) is 2.09. The highest BCUT2D eigenvalue weighted by Crippen LogP contribution is 2.19. The van der Waals surface area contributed by atoms with Crippen LogP contribution in [0.2, 0.25) is 0 Å². The maximum Gasteiger partial charge on any atom is 0.387 e. The molecule has 122 valence electrons. The molecule has 24 heavy (non-hydrogen) atoms. The van der Waals surface area contributed by atoms with E-state index in [0.29, 0.717) is 11.3 Å². The van der Waals surface area contributed by atoms with Gasteiger partial charge < -0.3 is 10.5 Å². The number of anilines is 1. The number of halogens is 2. The molecule has 0 saturated carbocycles. The van der Waals surface area contributed by atoms with Gasteiger partial charge in [-0.1, -0.05) is 30.3 Å². The minimum Gasteiger partial charge on any atom is -0.435 e. The molecule has 0 aliphatic rings. The first-order valence-electron chi connectivity index (χ1n) is 7.11. The lowest BCUT2D eigenvalue weighted by molar-refractivity contribution is -0.0498. The van der Waals surface area contributed by atoms with Crippen molar-refractivity contribution in [3.8, 4) is 17.0 Å². The molecule has 0 spiro atoms. The largest absolute Gasteiger partial charge is 0.435 e. The molecule has 2 aromatic carbocycles. The van der Waals surface area contributed by atoms with Gasteiger partial charge in [-0.3, -0.25) is 0 Å². The third kappa shape index (κ3) is 3.75. The lowest BCUT2D eigenvalue weighted by Crippen LogP contribution is -2.01. The lowest BCUT2D eigenvalue weighted by Gasteiger charge is -2.03. The molecule has 3 rings (SSSR count). The second-order valence-electron chi connectivity index (χ2n) is 4.89. The molecule has 0 unspecified atom stereocenters. The summed E-state index contributed by atoms with van der Waals surface area (Å²) in [6.07, 6.45) is 3.27. The van der Waals surface area contributed by atoms with E-state index in [4.69, 9.17) is 5.73 Å². The maximum atomic E-state index is 12.1. The summed E-state index contributed by atoms with van der Waals surface area (Å²) in [6.45, 7) is -2.84. The molecule has 2 N–H and O–H groups in total. The van der Waals surface area contributed by atoms with Gasteiger partial charge in [-0.25, -0.2) is 9.66 Å². The number of nitrogens with two attached hydrogens (primary N) is 1. The standard InChI is InChI=1S/C17H14F2N4O/c18-16(19)24-14-8-6-12(7-9-14)10-21-23-11-15(22-17(23)20)13-4-2-1-3-5-13/h1-11,16H,(H2,20,22)/b21-10+. The smallest absolute Gasteiger partial charge is 0.387 e. The number of alkyl halides is 2. The Hall–Kier alpha value is -3.22. The second-order valence-corrected chi connectivity index (χ2v) is 4.89. The van der Waals surface area contributed by atoms with Crippen molar-refractivity contribution in [1.29, 1.82) is 0 Å². The van der Waals surface area contributed by atoms with Crippen molar-refractivity contribution in [3.63, 3.8) is 0 Å². The third-order valence-electron chi connectivity index (χ3n) is 3.22. The van der Waals surface area contributed by atoms with E-state index >= 15 is 0 Å². The maximum absolute atomic E-state index is 12.1. The van der Waals surface area contributed by atoms with Crippen molar-refractivity contribution in [2.24, 2.45) is 5.10 Å². The molecule has 0 saturated heterocycles. The van der Waals surface area contributed by atoms with Crippen LogP contribution in [0.25, 0.3) is 11.3 Å². The van der Waals surface area contributed by atoms with Gasteiger partial charge in [0.15, 0.2) is 0 Å². The van der Waals surface area contributed by atoms with Crippen molar-refractivity contribution < 1.29 is 13.5 Å². The molecule has 0 fully saturated rings.